The number of nitrogens with zero attached hydrogens (tertiary/aromatic N) is 9. The lowest BCUT2D eigenvalue weighted by Crippen LogP contribution is -3.00. The zero-order valence-electron chi connectivity index (χ0n) is 40.6. The van der Waals surface area contributed by atoms with Gasteiger partial charge >= 0.3 is 24.4 Å². The lowest BCUT2D eigenvalue weighted by molar-refractivity contribution is -0.917. The summed E-state index contributed by atoms with van der Waals surface area (Å²) in [5, 5.41) is 19.2. The Balaban J connectivity index is 0.00000729. The van der Waals surface area contributed by atoms with Gasteiger partial charge in [-0.3, -0.25) is 19.4 Å². The normalized spacial score (nSPS) is 19.8. The van der Waals surface area contributed by atoms with E-state index in [9.17, 15) is 46.5 Å². The molecule has 0 N–H and O–H groups in total. The summed E-state index contributed by atoms with van der Waals surface area (Å²) >= 11 is 0. The molecule has 0 radical (unpaired) electrons. The summed E-state index contributed by atoms with van der Waals surface area (Å²) < 4.78 is 85.3. The van der Waals surface area contributed by atoms with E-state index in [-0.39, 0.29) is 102 Å². The second-order valence-corrected chi connectivity index (χ2v) is 19.0. The maximum absolute atomic E-state index is 15.1. The van der Waals surface area contributed by atoms with Gasteiger partial charge in [-0.15, -0.1) is 0 Å². The van der Waals surface area contributed by atoms with E-state index in [2.05, 4.69) is 12.1 Å². The second kappa shape index (κ2) is 21.0. The molecule has 5 aliphatic rings. The van der Waals surface area contributed by atoms with Crippen molar-refractivity contribution in [1.29, 1.82) is 10.5 Å². The van der Waals surface area contributed by atoms with Gasteiger partial charge in [-0.25, -0.2) is 9.59 Å². The molecule has 2 atom stereocenters. The van der Waals surface area contributed by atoms with E-state index < -0.39 is 47.6 Å². The number of likely N-dealkylation sites (N-methyl/N-ethyl adjacent to an activating group) is 2. The van der Waals surface area contributed by atoms with E-state index in [0.29, 0.717) is 52.7 Å². The van der Waals surface area contributed by atoms with Gasteiger partial charge < -0.3 is 41.1 Å². The van der Waals surface area contributed by atoms with Crippen LogP contribution in [0.15, 0.2) is 120 Å². The van der Waals surface area contributed by atoms with Crippen LogP contribution in [0.2, 0.25) is 0 Å². The Morgan fingerprint density at radius 3 is 1.30 bits per heavy atom. The Hall–Kier alpha value is -7.16. The molecular formula is C54H52BrF6N9O4. The number of amides is 6. The number of quaternary nitrogens is 1. The van der Waals surface area contributed by atoms with Crippen molar-refractivity contribution < 1.29 is 67.0 Å². The van der Waals surface area contributed by atoms with E-state index in [4.69, 9.17) is 0 Å². The van der Waals surface area contributed by atoms with Gasteiger partial charge in [0.15, 0.2) is 0 Å². The number of halogens is 7. The lowest BCUT2D eigenvalue weighted by atomic mass is 9.92. The van der Waals surface area contributed by atoms with Crippen molar-refractivity contribution in [2.75, 3.05) is 75.2 Å². The number of anilines is 2. The van der Waals surface area contributed by atoms with Gasteiger partial charge in [0.05, 0.1) is 120 Å². The number of nitriles is 2. The topological polar surface area (TPSA) is 135 Å². The highest BCUT2D eigenvalue weighted by molar-refractivity contribution is 6.08. The van der Waals surface area contributed by atoms with Crippen molar-refractivity contribution in [2.45, 2.75) is 64.0 Å². The summed E-state index contributed by atoms with van der Waals surface area (Å²) in [6, 6.07) is 23.2. The zero-order valence-corrected chi connectivity index (χ0v) is 42.2. The van der Waals surface area contributed by atoms with Crippen LogP contribution >= 0.6 is 0 Å². The van der Waals surface area contributed by atoms with Gasteiger partial charge in [0.25, 0.3) is 11.8 Å². The first-order valence-electron chi connectivity index (χ1n) is 24.4. The van der Waals surface area contributed by atoms with Crippen molar-refractivity contribution in [3.63, 3.8) is 0 Å². The van der Waals surface area contributed by atoms with Gasteiger partial charge in [0.1, 0.15) is 0 Å². The van der Waals surface area contributed by atoms with Crippen molar-refractivity contribution >= 4 is 35.3 Å². The van der Waals surface area contributed by atoms with Crippen LogP contribution in [0.25, 0.3) is 0 Å². The minimum absolute atomic E-state index is 0. The third-order valence-electron chi connectivity index (χ3n) is 14.8. The standard InChI is InChI=1S/C54H52F6N9O4.BrH/c1-3-63-33-43-45(49(63)70)47(37-19-15-35(31-61)16-20-37)65(51(72)67(43)41-13-7-11-39(29-41)53(55,56)57)23-9-27-69(25-5-6-26-69)28-10-24-66-48(38-21-17-36(32-62)18-22-38)46-44(34-64(4-2)50(46)71)68(52(66)73)42-14-8-12-40(30-42)54(58,59)60;/h7-8,11-22,29-30,47-48H,3-6,9-10,23-28,33-34H2,1-2H3;1H/q+1;/p-1/t47-,48-;/m1./s1. The molecule has 9 rings (SSSR count). The number of hydrogen-bond donors (Lipinski definition) is 0. The molecule has 1 saturated heterocycles. The molecule has 6 amide bonds. The summed E-state index contributed by atoms with van der Waals surface area (Å²) in [7, 11) is 0. The van der Waals surface area contributed by atoms with E-state index in [1.165, 1.54) is 43.9 Å². The highest BCUT2D eigenvalue weighted by Crippen LogP contribution is 2.47. The predicted octanol–water partition coefficient (Wildman–Crippen LogP) is 6.76. The number of hydrogen-bond acceptors (Lipinski definition) is 6. The van der Waals surface area contributed by atoms with Crippen LogP contribution in [-0.4, -0.2) is 113 Å². The van der Waals surface area contributed by atoms with E-state index >= 15 is 9.59 Å². The van der Waals surface area contributed by atoms with Crippen LogP contribution in [0.4, 0.5) is 47.3 Å². The summed E-state index contributed by atoms with van der Waals surface area (Å²) in [4.78, 5) is 67.3. The van der Waals surface area contributed by atoms with Crippen LogP contribution < -0.4 is 26.8 Å². The molecule has 4 aromatic carbocycles. The fraction of sp³-hybridized carbons (Fsp3) is 0.370. The van der Waals surface area contributed by atoms with E-state index in [1.54, 1.807) is 72.2 Å². The molecular weight excluding hydrogens is 1030 g/mol. The Morgan fingerprint density at radius 2 is 0.959 bits per heavy atom. The molecule has 0 aliphatic carbocycles. The summed E-state index contributed by atoms with van der Waals surface area (Å²) in [6.07, 6.45) is -6.84. The van der Waals surface area contributed by atoms with Gasteiger partial charge in [0, 0.05) is 51.9 Å². The predicted molar refractivity (Wildman–Crippen MR) is 257 cm³/mol. The number of carbonyl (C=O) groups excluding carboxylic acids is 4. The summed E-state index contributed by atoms with van der Waals surface area (Å²) in [6.45, 7) is 6.91. The zero-order chi connectivity index (χ0) is 52.0. The van der Waals surface area contributed by atoms with Gasteiger partial charge in [-0.05, 0) is 85.6 Å². The third kappa shape index (κ3) is 9.84. The highest BCUT2D eigenvalue weighted by Gasteiger charge is 2.51. The SMILES string of the molecule is CCN1CC2=C(C1=O)[C@@H](c1ccc(C#N)cc1)N(CCC[N+]1(CCCN3C(=O)N(c4cccc(C(F)(F)F)c4)C4=C(C(=O)N(CC)C4)[C@H]3c3ccc(C#N)cc3)CCCC1)C(=O)N2c1cccc(C(F)(F)F)c1.[Br-]. The number of likely N-dealkylation sites (tertiary alicyclic amines) is 1. The fourth-order valence-corrected chi connectivity index (χ4v) is 11.2. The number of urea groups is 2. The Labute approximate surface area is 435 Å². The Bertz CT molecular complexity index is 2800. The van der Waals surface area contributed by atoms with Crippen molar-refractivity contribution in [2.24, 2.45) is 0 Å². The van der Waals surface area contributed by atoms with Crippen LogP contribution in [0.1, 0.15) is 85.0 Å². The molecule has 20 heteroatoms. The summed E-state index contributed by atoms with van der Waals surface area (Å²) in [5.74, 6) is -0.709. The lowest BCUT2D eigenvalue weighted by Gasteiger charge is -2.43. The molecule has 0 saturated carbocycles. The average molecular weight is 1080 g/mol. The van der Waals surface area contributed by atoms with Gasteiger partial charge in [0.2, 0.25) is 0 Å². The molecule has 1 fully saturated rings. The van der Waals surface area contributed by atoms with Crippen LogP contribution in [-0.2, 0) is 21.9 Å². The number of benzene rings is 4. The molecule has 4 aromatic rings. The number of carbonyl (C=O) groups is 4. The molecule has 13 nitrogen and oxygen atoms in total. The second-order valence-electron chi connectivity index (χ2n) is 19.0. The van der Waals surface area contributed by atoms with E-state index in [0.717, 1.165) is 50.2 Å². The molecule has 0 unspecified atom stereocenters. The average Bonchev–Trinajstić information content (AvgIpc) is 4.08. The van der Waals surface area contributed by atoms with Crippen molar-refractivity contribution in [3.8, 4) is 12.1 Å². The fourth-order valence-electron chi connectivity index (χ4n) is 11.2. The molecule has 74 heavy (non-hydrogen) atoms. The number of rotatable bonds is 14. The monoisotopic (exact) mass is 1080 g/mol. The molecule has 386 valence electrons. The quantitative estimate of drug-likeness (QED) is 0.101. The van der Waals surface area contributed by atoms with E-state index in [1.807, 2.05) is 0 Å². The third-order valence-corrected chi connectivity index (χ3v) is 14.8. The maximum Gasteiger partial charge on any atom is 0.416 e. The minimum atomic E-state index is -4.70. The largest absolute Gasteiger partial charge is 1.00 e. The molecule has 0 spiro atoms. The molecule has 5 heterocycles. The van der Waals surface area contributed by atoms with Gasteiger partial charge in [-0.2, -0.15) is 36.9 Å². The van der Waals surface area contributed by atoms with Crippen molar-refractivity contribution in [1.82, 2.24) is 19.6 Å². The van der Waals surface area contributed by atoms with Crippen LogP contribution in [0.5, 0.6) is 0 Å². The van der Waals surface area contributed by atoms with Crippen LogP contribution in [0, 0.1) is 22.7 Å². The Kier molecular flexibility index (Phi) is 15.1. The minimum Gasteiger partial charge on any atom is -1.00 e. The first-order valence-corrected chi connectivity index (χ1v) is 24.4. The first-order chi connectivity index (χ1) is 34.9. The number of alkyl halides is 6. The maximum atomic E-state index is 15.1. The first kappa shape index (κ1) is 53.1. The smallest absolute Gasteiger partial charge is 0.416 e. The molecule has 0 aromatic heterocycles. The van der Waals surface area contributed by atoms with Gasteiger partial charge in [-0.1, -0.05) is 36.4 Å². The summed E-state index contributed by atoms with van der Waals surface area (Å²) in [5.41, 5.74) is 0.952. The Morgan fingerprint density at radius 1 is 0.581 bits per heavy atom. The van der Waals surface area contributed by atoms with Crippen LogP contribution in [0.3, 0.4) is 0 Å². The molecule has 0 bridgehead atoms. The molecule has 5 aliphatic heterocycles. The van der Waals surface area contributed by atoms with Crippen molar-refractivity contribution in [3.05, 3.63) is 153 Å². The highest BCUT2D eigenvalue weighted by atomic mass is 79.9.